The fourth-order valence-corrected chi connectivity index (χ4v) is 3.40. The molecule has 2 aromatic carbocycles. The molecular weight excluding hydrogens is 407 g/mol. The smallest absolute Gasteiger partial charge is 0.251 e. The van der Waals surface area contributed by atoms with Crippen LogP contribution in [0.3, 0.4) is 0 Å². The lowest BCUT2D eigenvalue weighted by molar-refractivity contribution is 0.0952. The van der Waals surface area contributed by atoms with E-state index >= 15 is 0 Å². The quantitative estimate of drug-likeness (QED) is 0.452. The highest BCUT2D eigenvalue weighted by Crippen LogP contribution is 2.30. The van der Waals surface area contributed by atoms with Crippen molar-refractivity contribution in [2.45, 2.75) is 13.2 Å². The van der Waals surface area contributed by atoms with Gasteiger partial charge >= 0.3 is 0 Å². The summed E-state index contributed by atoms with van der Waals surface area (Å²) in [5.74, 6) is -0.439. The van der Waals surface area contributed by atoms with Gasteiger partial charge in [0.2, 0.25) is 0 Å². The third kappa shape index (κ3) is 5.07. The molecular formula is C25H23FN4O2. The van der Waals surface area contributed by atoms with E-state index in [2.05, 4.69) is 10.3 Å². The van der Waals surface area contributed by atoms with Gasteiger partial charge in [0, 0.05) is 48.9 Å². The molecule has 0 fully saturated rings. The van der Waals surface area contributed by atoms with E-state index in [1.54, 1.807) is 48.5 Å². The van der Waals surface area contributed by atoms with Crippen LogP contribution in [0, 0.1) is 5.82 Å². The third-order valence-corrected chi connectivity index (χ3v) is 5.02. The lowest BCUT2D eigenvalue weighted by Gasteiger charge is -2.06. The van der Waals surface area contributed by atoms with Crippen LogP contribution in [-0.4, -0.2) is 34.3 Å². The summed E-state index contributed by atoms with van der Waals surface area (Å²) in [7, 11) is 1.64. The van der Waals surface area contributed by atoms with Gasteiger partial charge in [0.05, 0.1) is 13.2 Å². The van der Waals surface area contributed by atoms with E-state index in [-0.39, 0.29) is 11.7 Å². The van der Waals surface area contributed by atoms with Crippen molar-refractivity contribution in [2.24, 2.45) is 0 Å². The van der Waals surface area contributed by atoms with Gasteiger partial charge in [-0.1, -0.05) is 12.1 Å². The predicted molar refractivity (Wildman–Crippen MR) is 120 cm³/mol. The largest absolute Gasteiger partial charge is 0.380 e. The highest BCUT2D eigenvalue weighted by Gasteiger charge is 2.14. The molecule has 0 saturated heterocycles. The lowest BCUT2D eigenvalue weighted by atomic mass is 10.0. The molecule has 162 valence electrons. The molecule has 2 heterocycles. The summed E-state index contributed by atoms with van der Waals surface area (Å²) < 4.78 is 20.3. The first kappa shape index (κ1) is 21.4. The second-order valence-corrected chi connectivity index (χ2v) is 7.28. The third-order valence-electron chi connectivity index (χ3n) is 5.02. The number of aromatic nitrogens is 3. The standard InChI is InChI=1S/C25H23FN4O2/c1-32-17-18-2-4-21(5-3-18)25(31)28-14-15-30-16-23(19-10-12-27-13-11-19)24(29-30)20-6-8-22(26)9-7-20/h2-13,16H,14-15,17H2,1H3,(H,28,31). The molecule has 0 radical (unpaired) electrons. The van der Waals surface area contributed by atoms with Crippen LogP contribution in [0.4, 0.5) is 4.39 Å². The molecule has 0 unspecified atom stereocenters. The summed E-state index contributed by atoms with van der Waals surface area (Å²) >= 11 is 0. The molecule has 0 aliphatic heterocycles. The summed E-state index contributed by atoms with van der Waals surface area (Å²) in [4.78, 5) is 16.5. The monoisotopic (exact) mass is 430 g/mol. The van der Waals surface area contributed by atoms with Gasteiger partial charge in [-0.25, -0.2) is 4.39 Å². The van der Waals surface area contributed by atoms with Gasteiger partial charge in [-0.05, 0) is 59.7 Å². The number of benzene rings is 2. The van der Waals surface area contributed by atoms with Crippen molar-refractivity contribution < 1.29 is 13.9 Å². The van der Waals surface area contributed by atoms with E-state index in [1.165, 1.54) is 12.1 Å². The minimum atomic E-state index is -0.295. The molecule has 7 heteroatoms. The van der Waals surface area contributed by atoms with Crippen LogP contribution < -0.4 is 5.32 Å². The number of rotatable bonds is 8. The van der Waals surface area contributed by atoms with Gasteiger partial charge in [-0.3, -0.25) is 14.5 Å². The Labute approximate surface area is 185 Å². The molecule has 1 N–H and O–H groups in total. The lowest BCUT2D eigenvalue weighted by Crippen LogP contribution is -2.27. The summed E-state index contributed by atoms with van der Waals surface area (Å²) in [5.41, 5.74) is 5.05. The van der Waals surface area contributed by atoms with Crippen molar-refractivity contribution >= 4 is 5.91 Å². The number of methoxy groups -OCH3 is 1. The van der Waals surface area contributed by atoms with Crippen molar-refractivity contribution in [3.8, 4) is 22.4 Å². The molecule has 0 aliphatic rings. The molecule has 0 aliphatic carbocycles. The van der Waals surface area contributed by atoms with E-state index in [0.717, 1.165) is 27.9 Å². The predicted octanol–water partition coefficient (Wildman–Crippen LogP) is 4.33. The van der Waals surface area contributed by atoms with E-state index < -0.39 is 0 Å². The van der Waals surface area contributed by atoms with Gasteiger partial charge in [-0.2, -0.15) is 5.10 Å². The van der Waals surface area contributed by atoms with Crippen molar-refractivity contribution in [1.82, 2.24) is 20.1 Å². The number of amides is 1. The molecule has 0 atom stereocenters. The topological polar surface area (TPSA) is 69.0 Å². The zero-order chi connectivity index (χ0) is 22.3. The highest BCUT2D eigenvalue weighted by atomic mass is 19.1. The number of halogens is 1. The molecule has 0 spiro atoms. The SMILES string of the molecule is COCc1ccc(C(=O)NCCn2cc(-c3ccncc3)c(-c3ccc(F)cc3)n2)cc1. The molecule has 4 rings (SSSR count). The molecule has 1 amide bonds. The van der Waals surface area contributed by atoms with Gasteiger partial charge in [-0.15, -0.1) is 0 Å². The maximum absolute atomic E-state index is 13.4. The first-order chi connectivity index (χ1) is 15.6. The Morgan fingerprint density at radius 3 is 2.41 bits per heavy atom. The van der Waals surface area contributed by atoms with E-state index in [9.17, 15) is 9.18 Å². The Morgan fingerprint density at radius 2 is 1.72 bits per heavy atom. The Hall–Kier alpha value is -3.84. The first-order valence-corrected chi connectivity index (χ1v) is 10.2. The zero-order valence-corrected chi connectivity index (χ0v) is 17.7. The van der Waals surface area contributed by atoms with Crippen LogP contribution >= 0.6 is 0 Å². The fraction of sp³-hybridized carbons (Fsp3) is 0.160. The van der Waals surface area contributed by atoms with Crippen LogP contribution in [0.2, 0.25) is 0 Å². The van der Waals surface area contributed by atoms with Crippen LogP contribution in [0.1, 0.15) is 15.9 Å². The molecule has 4 aromatic rings. The first-order valence-electron chi connectivity index (χ1n) is 10.2. The number of hydrogen-bond acceptors (Lipinski definition) is 4. The average molecular weight is 430 g/mol. The number of nitrogens with zero attached hydrogens (tertiary/aromatic N) is 3. The second-order valence-electron chi connectivity index (χ2n) is 7.28. The second kappa shape index (κ2) is 9.98. The maximum Gasteiger partial charge on any atom is 0.251 e. The van der Waals surface area contributed by atoms with Crippen LogP contribution in [0.25, 0.3) is 22.4 Å². The average Bonchev–Trinajstić information content (AvgIpc) is 3.25. The normalized spacial score (nSPS) is 10.8. The van der Waals surface area contributed by atoms with Gasteiger partial charge in [0.1, 0.15) is 11.5 Å². The minimum absolute atomic E-state index is 0.144. The van der Waals surface area contributed by atoms with Crippen molar-refractivity contribution in [3.63, 3.8) is 0 Å². The summed E-state index contributed by atoms with van der Waals surface area (Å²) in [5, 5.41) is 7.62. The van der Waals surface area contributed by atoms with Crippen LogP contribution in [-0.2, 0) is 17.9 Å². The Balaban J connectivity index is 1.48. The van der Waals surface area contributed by atoms with Crippen molar-refractivity contribution in [3.05, 3.63) is 96.2 Å². The number of carbonyl (C=O) groups excluding carboxylic acids is 1. The zero-order valence-electron chi connectivity index (χ0n) is 17.7. The van der Waals surface area contributed by atoms with Crippen molar-refractivity contribution in [2.75, 3.05) is 13.7 Å². The minimum Gasteiger partial charge on any atom is -0.380 e. The number of carbonyl (C=O) groups is 1. The Morgan fingerprint density at radius 1 is 1.00 bits per heavy atom. The number of pyridine rings is 1. The molecule has 32 heavy (non-hydrogen) atoms. The van der Waals surface area contributed by atoms with Crippen LogP contribution in [0.15, 0.2) is 79.3 Å². The van der Waals surface area contributed by atoms with E-state index in [1.807, 2.05) is 30.5 Å². The summed E-state index contributed by atoms with van der Waals surface area (Å²) in [6.45, 7) is 1.42. The Kier molecular flexibility index (Phi) is 6.67. The van der Waals surface area contributed by atoms with Gasteiger partial charge < -0.3 is 10.1 Å². The van der Waals surface area contributed by atoms with Gasteiger partial charge in [0.15, 0.2) is 0 Å². The molecule has 0 bridgehead atoms. The molecule has 6 nitrogen and oxygen atoms in total. The Bertz CT molecular complexity index is 1170. The van der Waals surface area contributed by atoms with E-state index in [4.69, 9.17) is 9.84 Å². The maximum atomic E-state index is 13.4. The van der Waals surface area contributed by atoms with Crippen molar-refractivity contribution in [1.29, 1.82) is 0 Å². The number of nitrogens with one attached hydrogen (secondary N) is 1. The number of ether oxygens (including phenoxy) is 1. The highest BCUT2D eigenvalue weighted by molar-refractivity contribution is 5.94. The molecule has 0 saturated carbocycles. The fourth-order valence-electron chi connectivity index (χ4n) is 3.40. The summed E-state index contributed by atoms with van der Waals surface area (Å²) in [6.07, 6.45) is 5.37. The molecule has 2 aromatic heterocycles. The number of hydrogen-bond donors (Lipinski definition) is 1. The van der Waals surface area contributed by atoms with E-state index in [0.29, 0.717) is 25.3 Å². The van der Waals surface area contributed by atoms with Gasteiger partial charge in [0.25, 0.3) is 5.91 Å². The van der Waals surface area contributed by atoms with Crippen LogP contribution in [0.5, 0.6) is 0 Å². The summed E-state index contributed by atoms with van der Waals surface area (Å²) in [6, 6.07) is 17.4.